The summed E-state index contributed by atoms with van der Waals surface area (Å²) in [5, 5.41) is 3.97. The molecule has 1 amide bonds. The molecular formula is C30H31NO3. The number of carbonyl (C=O) groups is 1. The zero-order valence-electron chi connectivity index (χ0n) is 20.9. The molecule has 34 heavy (non-hydrogen) atoms. The summed E-state index contributed by atoms with van der Waals surface area (Å²) in [6.07, 6.45) is 3.43. The largest absolute Gasteiger partial charge is 0.496 e. The maximum Gasteiger partial charge on any atom is 0.248 e. The maximum absolute atomic E-state index is 12.8. The molecule has 0 bridgehead atoms. The number of benzene rings is 3. The number of aryl methyl sites for hydroxylation is 5. The van der Waals surface area contributed by atoms with Crippen LogP contribution in [-0.2, 0) is 4.79 Å². The van der Waals surface area contributed by atoms with Gasteiger partial charge in [-0.05, 0) is 87.6 Å². The second-order valence-electron chi connectivity index (χ2n) is 9.04. The highest BCUT2D eigenvalue weighted by molar-refractivity contribution is 6.06. The Labute approximate surface area is 201 Å². The average molecular weight is 454 g/mol. The van der Waals surface area contributed by atoms with Gasteiger partial charge in [0.25, 0.3) is 0 Å². The molecule has 0 aliphatic carbocycles. The van der Waals surface area contributed by atoms with Crippen molar-refractivity contribution in [1.29, 1.82) is 0 Å². The topological polar surface area (TPSA) is 51.5 Å². The molecule has 3 aromatic carbocycles. The summed E-state index contributed by atoms with van der Waals surface area (Å²) in [5.74, 6) is 0.532. The molecule has 0 fully saturated rings. The van der Waals surface area contributed by atoms with E-state index in [1.807, 2.05) is 45.2 Å². The van der Waals surface area contributed by atoms with E-state index in [0.717, 1.165) is 50.0 Å². The Morgan fingerprint density at radius 2 is 1.68 bits per heavy atom. The van der Waals surface area contributed by atoms with Crippen molar-refractivity contribution in [1.82, 2.24) is 0 Å². The number of nitrogens with one attached hydrogen (secondary N) is 1. The van der Waals surface area contributed by atoms with Crippen molar-refractivity contribution in [3.63, 3.8) is 0 Å². The monoisotopic (exact) mass is 453 g/mol. The van der Waals surface area contributed by atoms with Crippen molar-refractivity contribution >= 4 is 28.1 Å². The van der Waals surface area contributed by atoms with Gasteiger partial charge in [-0.3, -0.25) is 4.79 Å². The minimum Gasteiger partial charge on any atom is -0.496 e. The summed E-state index contributed by atoms with van der Waals surface area (Å²) in [4.78, 5) is 12.8. The lowest BCUT2D eigenvalue weighted by Crippen LogP contribution is -2.09. The van der Waals surface area contributed by atoms with E-state index in [-0.39, 0.29) is 5.91 Å². The first kappa shape index (κ1) is 23.4. The molecule has 4 heteroatoms. The van der Waals surface area contributed by atoms with Gasteiger partial charge in [-0.25, -0.2) is 0 Å². The van der Waals surface area contributed by atoms with Gasteiger partial charge >= 0.3 is 0 Å². The van der Waals surface area contributed by atoms with Gasteiger partial charge in [-0.2, -0.15) is 0 Å². The molecule has 1 aromatic heterocycles. The molecule has 0 radical (unpaired) electrons. The van der Waals surface area contributed by atoms with E-state index in [9.17, 15) is 4.79 Å². The van der Waals surface area contributed by atoms with Gasteiger partial charge in [0.15, 0.2) is 0 Å². The maximum atomic E-state index is 12.8. The quantitative estimate of drug-likeness (QED) is 0.315. The molecule has 1 N–H and O–H groups in total. The van der Waals surface area contributed by atoms with Crippen LogP contribution in [0.5, 0.6) is 5.75 Å². The third-order valence-electron chi connectivity index (χ3n) is 6.47. The van der Waals surface area contributed by atoms with Crippen LogP contribution in [0.1, 0.15) is 40.3 Å². The zero-order valence-corrected chi connectivity index (χ0v) is 20.9. The predicted octanol–water partition coefficient (Wildman–Crippen LogP) is 7.69. The van der Waals surface area contributed by atoms with Crippen LogP contribution in [0.3, 0.4) is 0 Å². The highest BCUT2D eigenvalue weighted by atomic mass is 16.5. The van der Waals surface area contributed by atoms with Crippen molar-refractivity contribution in [3.8, 4) is 16.9 Å². The fourth-order valence-electron chi connectivity index (χ4n) is 4.47. The first-order valence-corrected chi connectivity index (χ1v) is 11.4. The van der Waals surface area contributed by atoms with Gasteiger partial charge in [-0.15, -0.1) is 0 Å². The molecule has 1 heterocycles. The molecule has 0 atom stereocenters. The number of anilines is 1. The molecule has 0 saturated carbocycles. The summed E-state index contributed by atoms with van der Waals surface area (Å²) >= 11 is 0. The molecular weight excluding hydrogens is 422 g/mol. The Kier molecular flexibility index (Phi) is 6.34. The molecule has 0 aliphatic rings. The summed E-state index contributed by atoms with van der Waals surface area (Å²) in [6, 6.07) is 14.4. The van der Waals surface area contributed by atoms with Crippen molar-refractivity contribution in [3.05, 3.63) is 88.2 Å². The predicted molar refractivity (Wildman–Crippen MR) is 141 cm³/mol. The summed E-state index contributed by atoms with van der Waals surface area (Å²) in [6.45, 7) is 12.2. The average Bonchev–Trinajstić information content (AvgIpc) is 3.20. The van der Waals surface area contributed by atoms with Crippen LogP contribution in [0.25, 0.3) is 27.7 Å². The molecule has 0 spiro atoms. The van der Waals surface area contributed by atoms with Crippen LogP contribution >= 0.6 is 0 Å². The minimum atomic E-state index is -0.178. The van der Waals surface area contributed by atoms with Gasteiger partial charge in [-0.1, -0.05) is 29.8 Å². The van der Waals surface area contributed by atoms with Crippen LogP contribution in [0.4, 0.5) is 5.69 Å². The van der Waals surface area contributed by atoms with E-state index in [1.54, 1.807) is 13.2 Å². The first-order valence-electron chi connectivity index (χ1n) is 11.4. The summed E-state index contributed by atoms with van der Waals surface area (Å²) < 4.78 is 11.8. The number of hydrogen-bond donors (Lipinski definition) is 1. The third kappa shape index (κ3) is 4.36. The van der Waals surface area contributed by atoms with Crippen LogP contribution < -0.4 is 10.1 Å². The Hall–Kier alpha value is -3.79. The smallest absolute Gasteiger partial charge is 0.248 e. The Bertz CT molecular complexity index is 1440. The number of methoxy groups -OCH3 is 1. The second-order valence-corrected chi connectivity index (χ2v) is 9.04. The molecule has 4 aromatic rings. The number of carbonyl (C=O) groups excluding carboxylic acids is 1. The molecule has 174 valence electrons. The molecule has 0 unspecified atom stereocenters. The number of ether oxygens (including phenoxy) is 1. The van der Waals surface area contributed by atoms with Gasteiger partial charge in [0.2, 0.25) is 5.91 Å². The number of hydrogen-bond acceptors (Lipinski definition) is 3. The lowest BCUT2D eigenvalue weighted by Gasteiger charge is -2.14. The Morgan fingerprint density at radius 3 is 2.35 bits per heavy atom. The van der Waals surface area contributed by atoms with E-state index in [4.69, 9.17) is 9.15 Å². The summed E-state index contributed by atoms with van der Waals surface area (Å²) in [5.41, 5.74) is 11.1. The molecule has 0 saturated heterocycles. The molecule has 4 rings (SSSR count). The van der Waals surface area contributed by atoms with E-state index < -0.39 is 0 Å². The van der Waals surface area contributed by atoms with Crippen LogP contribution in [0, 0.1) is 34.6 Å². The second kappa shape index (κ2) is 9.22. The number of furan rings is 1. The van der Waals surface area contributed by atoms with Gasteiger partial charge in [0.1, 0.15) is 11.3 Å². The standard InChI is InChI=1S/C30H31NO3/c1-17-8-11-24(20(4)12-17)27-16-34-30-22(6)29(33-7)25(15-26(27)30)21(5)14-28(32)31-23-10-9-18(2)19(3)13-23/h8-16H,1-7H3,(H,31,32)/b21-14+. The lowest BCUT2D eigenvalue weighted by molar-refractivity contribution is -0.111. The highest BCUT2D eigenvalue weighted by Gasteiger charge is 2.19. The minimum absolute atomic E-state index is 0.178. The normalized spacial score (nSPS) is 11.7. The fraction of sp³-hybridized carbons (Fsp3) is 0.233. The van der Waals surface area contributed by atoms with E-state index in [0.29, 0.717) is 5.75 Å². The SMILES string of the molecule is COc1c(/C(C)=C/C(=O)Nc2ccc(C)c(C)c2)cc2c(-c3ccc(C)cc3C)coc2c1C. The van der Waals surface area contributed by atoms with Gasteiger partial charge in [0, 0.05) is 33.8 Å². The number of fused-ring (bicyclic) bond motifs is 1. The van der Waals surface area contributed by atoms with Crippen molar-refractivity contribution in [2.24, 2.45) is 0 Å². The fourth-order valence-corrected chi connectivity index (χ4v) is 4.47. The van der Waals surface area contributed by atoms with E-state index >= 15 is 0 Å². The van der Waals surface area contributed by atoms with Gasteiger partial charge in [0.05, 0.1) is 13.4 Å². The van der Waals surface area contributed by atoms with E-state index in [1.165, 1.54) is 16.7 Å². The number of amides is 1. The van der Waals surface area contributed by atoms with Crippen molar-refractivity contribution in [2.45, 2.75) is 41.5 Å². The third-order valence-corrected chi connectivity index (χ3v) is 6.47. The van der Waals surface area contributed by atoms with Crippen molar-refractivity contribution < 1.29 is 13.9 Å². The molecule has 0 aliphatic heterocycles. The van der Waals surface area contributed by atoms with Crippen LogP contribution in [0.15, 0.2) is 59.2 Å². The van der Waals surface area contributed by atoms with Crippen LogP contribution in [-0.4, -0.2) is 13.0 Å². The molecule has 4 nitrogen and oxygen atoms in total. The number of rotatable bonds is 5. The first-order chi connectivity index (χ1) is 16.2. The lowest BCUT2D eigenvalue weighted by atomic mass is 9.94. The zero-order chi connectivity index (χ0) is 24.6. The highest BCUT2D eigenvalue weighted by Crippen LogP contribution is 2.41. The van der Waals surface area contributed by atoms with Gasteiger partial charge < -0.3 is 14.5 Å². The van der Waals surface area contributed by atoms with E-state index in [2.05, 4.69) is 50.4 Å². The van der Waals surface area contributed by atoms with Crippen molar-refractivity contribution in [2.75, 3.05) is 12.4 Å². The Balaban J connectivity index is 1.77. The summed E-state index contributed by atoms with van der Waals surface area (Å²) in [7, 11) is 1.65. The van der Waals surface area contributed by atoms with Crippen LogP contribution in [0.2, 0.25) is 0 Å². The Morgan fingerprint density at radius 1 is 0.912 bits per heavy atom. The number of allylic oxidation sites excluding steroid dienone is 1.